The molecule has 0 aromatic carbocycles. The van der Waals surface area contributed by atoms with Crippen LogP contribution in [0.5, 0.6) is 0 Å². The molecule has 0 aliphatic carbocycles. The van der Waals surface area contributed by atoms with E-state index < -0.39 is 0 Å². The van der Waals surface area contributed by atoms with Gasteiger partial charge in [-0.15, -0.1) is 0 Å². The lowest BCUT2D eigenvalue weighted by Gasteiger charge is -2.28. The molecule has 1 fully saturated rings. The maximum absolute atomic E-state index is 4.46. The van der Waals surface area contributed by atoms with Crippen LogP contribution in [0.4, 0.5) is 0 Å². The van der Waals surface area contributed by atoms with Crippen LogP contribution in [-0.2, 0) is 0 Å². The molecule has 0 saturated carbocycles. The van der Waals surface area contributed by atoms with E-state index in [0.717, 1.165) is 6.54 Å². The van der Waals surface area contributed by atoms with Gasteiger partial charge >= 0.3 is 0 Å². The van der Waals surface area contributed by atoms with Crippen LogP contribution < -0.4 is 5.32 Å². The number of rotatable bonds is 0. The molecule has 0 unspecified atom stereocenters. The minimum absolute atomic E-state index is 0.262. The summed E-state index contributed by atoms with van der Waals surface area (Å²) in [4.78, 5) is 0. The third kappa shape index (κ3) is 1.67. The second kappa shape index (κ2) is 2.28. The molecule has 1 nitrogen and oxygen atoms in total. The number of hydrogen-bond donors (Lipinski definition) is 2. The van der Waals surface area contributed by atoms with E-state index in [2.05, 4.69) is 24.9 Å². The smallest absolute Gasteiger partial charge is 0.0226 e. The van der Waals surface area contributed by atoms with Crippen molar-refractivity contribution in [3.63, 3.8) is 0 Å². The van der Waals surface area contributed by atoms with E-state index in [-0.39, 0.29) is 4.75 Å². The summed E-state index contributed by atoms with van der Waals surface area (Å²) < 4.78 is 0.262. The molecule has 1 saturated heterocycles. The zero-order valence-electron chi connectivity index (χ0n) is 5.28. The summed E-state index contributed by atoms with van der Waals surface area (Å²) in [7, 11) is 0. The first-order valence-corrected chi connectivity index (χ1v) is 3.59. The summed E-state index contributed by atoms with van der Waals surface area (Å²) in [6.45, 7) is 4.43. The fourth-order valence-electron chi connectivity index (χ4n) is 1.04. The molecule has 2 heteroatoms. The van der Waals surface area contributed by atoms with Crippen LogP contribution in [0.2, 0.25) is 0 Å². The zero-order chi connectivity index (χ0) is 6.04. The highest BCUT2D eigenvalue weighted by Crippen LogP contribution is 2.21. The Kier molecular flexibility index (Phi) is 1.83. The quantitative estimate of drug-likeness (QED) is 0.468. The van der Waals surface area contributed by atoms with Gasteiger partial charge in [-0.3, -0.25) is 0 Å². The fourth-order valence-corrected chi connectivity index (χ4v) is 1.31. The molecular weight excluding hydrogens is 118 g/mol. The Hall–Kier alpha value is 0.310. The van der Waals surface area contributed by atoms with E-state index in [4.69, 9.17) is 0 Å². The molecule has 0 aromatic rings. The summed E-state index contributed by atoms with van der Waals surface area (Å²) >= 11 is 4.46. The summed E-state index contributed by atoms with van der Waals surface area (Å²) in [6, 6.07) is 0. The number of nitrogens with one attached hydrogen (secondary N) is 1. The molecule has 0 spiro atoms. The second-order valence-corrected chi connectivity index (χ2v) is 3.86. The first-order valence-electron chi connectivity index (χ1n) is 3.14. The molecule has 48 valence electrons. The average Bonchev–Trinajstić information content (AvgIpc) is 1.65. The number of thiol groups is 1. The lowest BCUT2D eigenvalue weighted by atomic mass is 10.0. The van der Waals surface area contributed by atoms with Gasteiger partial charge in [-0.2, -0.15) is 12.6 Å². The highest BCUT2D eigenvalue weighted by molar-refractivity contribution is 7.81. The standard InChI is InChI=1S/C6H13NS/c1-6(8)3-2-4-7-5-6/h7-8H,2-5H2,1H3/t6-/m0/s1. The van der Waals surface area contributed by atoms with Gasteiger partial charge < -0.3 is 5.32 Å². The van der Waals surface area contributed by atoms with Crippen LogP contribution in [-0.4, -0.2) is 17.8 Å². The summed E-state index contributed by atoms with van der Waals surface area (Å²) in [5.74, 6) is 0. The number of hydrogen-bond acceptors (Lipinski definition) is 2. The lowest BCUT2D eigenvalue weighted by molar-refractivity contribution is 0.443. The molecule has 0 amide bonds. The van der Waals surface area contributed by atoms with Crippen molar-refractivity contribution in [1.29, 1.82) is 0 Å². The van der Waals surface area contributed by atoms with Crippen molar-refractivity contribution in [2.45, 2.75) is 24.5 Å². The van der Waals surface area contributed by atoms with Crippen molar-refractivity contribution in [2.75, 3.05) is 13.1 Å². The molecule has 1 aliphatic heterocycles. The molecule has 1 heterocycles. The van der Waals surface area contributed by atoms with E-state index in [0.29, 0.717) is 0 Å². The predicted octanol–water partition coefficient (Wildman–Crippen LogP) is 1.06. The van der Waals surface area contributed by atoms with E-state index in [1.807, 2.05) is 0 Å². The Labute approximate surface area is 56.3 Å². The van der Waals surface area contributed by atoms with E-state index in [9.17, 15) is 0 Å². The van der Waals surface area contributed by atoms with Crippen molar-refractivity contribution < 1.29 is 0 Å². The van der Waals surface area contributed by atoms with Crippen molar-refractivity contribution in [3.8, 4) is 0 Å². The molecular formula is C6H13NS. The zero-order valence-corrected chi connectivity index (χ0v) is 6.17. The Morgan fingerprint density at radius 1 is 1.62 bits per heavy atom. The second-order valence-electron chi connectivity index (χ2n) is 2.78. The van der Waals surface area contributed by atoms with Gasteiger partial charge in [0.25, 0.3) is 0 Å². The Bertz CT molecular complexity index is 72.6. The molecule has 0 radical (unpaired) electrons. The molecule has 0 bridgehead atoms. The molecule has 8 heavy (non-hydrogen) atoms. The van der Waals surface area contributed by atoms with Gasteiger partial charge in [0.05, 0.1) is 0 Å². The largest absolute Gasteiger partial charge is 0.315 e. The molecule has 1 rings (SSSR count). The van der Waals surface area contributed by atoms with Crippen LogP contribution in [0, 0.1) is 0 Å². The van der Waals surface area contributed by atoms with Crippen LogP contribution in [0.15, 0.2) is 0 Å². The van der Waals surface area contributed by atoms with Crippen molar-refractivity contribution in [3.05, 3.63) is 0 Å². The van der Waals surface area contributed by atoms with Crippen molar-refractivity contribution >= 4 is 12.6 Å². The monoisotopic (exact) mass is 131 g/mol. The van der Waals surface area contributed by atoms with Gasteiger partial charge in [0, 0.05) is 11.3 Å². The summed E-state index contributed by atoms with van der Waals surface area (Å²) in [5, 5.41) is 3.30. The van der Waals surface area contributed by atoms with Crippen LogP contribution >= 0.6 is 12.6 Å². The van der Waals surface area contributed by atoms with Gasteiger partial charge in [-0.1, -0.05) is 0 Å². The lowest BCUT2D eigenvalue weighted by Crippen LogP contribution is -2.38. The topological polar surface area (TPSA) is 12.0 Å². The molecule has 1 N–H and O–H groups in total. The van der Waals surface area contributed by atoms with Gasteiger partial charge in [-0.05, 0) is 26.3 Å². The maximum atomic E-state index is 4.46. The normalized spacial score (nSPS) is 39.8. The van der Waals surface area contributed by atoms with Crippen LogP contribution in [0.1, 0.15) is 19.8 Å². The molecule has 1 atom stereocenters. The van der Waals surface area contributed by atoms with E-state index >= 15 is 0 Å². The van der Waals surface area contributed by atoms with Crippen molar-refractivity contribution in [1.82, 2.24) is 5.32 Å². The van der Waals surface area contributed by atoms with E-state index in [1.165, 1.54) is 19.4 Å². The SMILES string of the molecule is C[C@]1(S)CCCNC1. The first kappa shape index (κ1) is 6.43. The summed E-state index contributed by atoms with van der Waals surface area (Å²) in [6.07, 6.45) is 2.53. The molecule has 1 aliphatic rings. The Morgan fingerprint density at radius 2 is 2.38 bits per heavy atom. The highest BCUT2D eigenvalue weighted by atomic mass is 32.1. The average molecular weight is 131 g/mol. The Morgan fingerprint density at radius 3 is 2.62 bits per heavy atom. The van der Waals surface area contributed by atoms with E-state index in [1.54, 1.807) is 0 Å². The molecule has 0 aromatic heterocycles. The Balaban J connectivity index is 2.33. The predicted molar refractivity (Wildman–Crippen MR) is 39.5 cm³/mol. The highest BCUT2D eigenvalue weighted by Gasteiger charge is 2.20. The van der Waals surface area contributed by atoms with Gasteiger partial charge in [0.15, 0.2) is 0 Å². The summed E-state index contributed by atoms with van der Waals surface area (Å²) in [5.41, 5.74) is 0. The minimum atomic E-state index is 0.262. The van der Waals surface area contributed by atoms with Gasteiger partial charge in [-0.25, -0.2) is 0 Å². The van der Waals surface area contributed by atoms with Crippen LogP contribution in [0.3, 0.4) is 0 Å². The maximum Gasteiger partial charge on any atom is 0.0226 e. The third-order valence-electron chi connectivity index (χ3n) is 1.57. The third-order valence-corrected chi connectivity index (χ3v) is 1.96. The van der Waals surface area contributed by atoms with Crippen molar-refractivity contribution in [2.24, 2.45) is 0 Å². The van der Waals surface area contributed by atoms with Crippen LogP contribution in [0.25, 0.3) is 0 Å². The number of piperidine rings is 1. The minimum Gasteiger partial charge on any atom is -0.315 e. The first-order chi connectivity index (χ1) is 3.71. The van der Waals surface area contributed by atoms with Gasteiger partial charge in [0.1, 0.15) is 0 Å². The fraction of sp³-hybridized carbons (Fsp3) is 1.00. The van der Waals surface area contributed by atoms with Gasteiger partial charge in [0.2, 0.25) is 0 Å².